The lowest BCUT2D eigenvalue weighted by Crippen LogP contribution is -2.44. The summed E-state index contributed by atoms with van der Waals surface area (Å²) in [5.41, 5.74) is 2.77. The van der Waals surface area contributed by atoms with Gasteiger partial charge in [0.25, 0.3) is 0 Å². The third-order valence-corrected chi connectivity index (χ3v) is 5.52. The Bertz CT molecular complexity index is 914. The zero-order valence-electron chi connectivity index (χ0n) is 17.7. The van der Waals surface area contributed by atoms with E-state index in [2.05, 4.69) is 22.0 Å². The first-order valence-corrected chi connectivity index (χ1v) is 10.5. The average Bonchev–Trinajstić information content (AvgIpc) is 3.29. The predicted molar refractivity (Wildman–Crippen MR) is 118 cm³/mol. The fourth-order valence-electron chi connectivity index (χ4n) is 3.57. The Morgan fingerprint density at radius 2 is 1.57 bits per heavy atom. The smallest absolute Gasteiger partial charge is 0.167 e. The van der Waals surface area contributed by atoms with Crippen LogP contribution in [0.5, 0.6) is 11.5 Å². The minimum atomic E-state index is 0.732. The minimum absolute atomic E-state index is 0.732. The second kappa shape index (κ2) is 9.78. The molecule has 158 valence electrons. The normalized spacial score (nSPS) is 15.3. The third-order valence-electron chi connectivity index (χ3n) is 5.52. The number of rotatable bonds is 8. The van der Waals surface area contributed by atoms with Crippen molar-refractivity contribution in [3.05, 3.63) is 54.6 Å². The lowest BCUT2D eigenvalue weighted by molar-refractivity contribution is 0.145. The summed E-state index contributed by atoms with van der Waals surface area (Å²) in [6.45, 7) is 6.45. The van der Waals surface area contributed by atoms with E-state index in [-0.39, 0.29) is 0 Å². The molecule has 0 saturated carbocycles. The molecule has 6 heteroatoms. The molecule has 3 aromatic rings. The molecule has 0 aliphatic carbocycles. The second-order valence-electron chi connectivity index (χ2n) is 7.68. The number of benzene rings is 2. The summed E-state index contributed by atoms with van der Waals surface area (Å²) in [5.74, 6) is 2.44. The van der Waals surface area contributed by atoms with E-state index in [0.717, 1.165) is 79.8 Å². The molecule has 0 N–H and O–H groups in total. The van der Waals surface area contributed by atoms with Crippen LogP contribution in [-0.4, -0.2) is 68.4 Å². The topological polar surface area (TPSA) is 51.0 Å². The summed E-state index contributed by atoms with van der Waals surface area (Å²) < 4.78 is 16.7. The first kappa shape index (κ1) is 20.4. The van der Waals surface area contributed by atoms with Crippen molar-refractivity contribution in [2.75, 3.05) is 53.5 Å². The van der Waals surface area contributed by atoms with Crippen LogP contribution in [0.2, 0.25) is 0 Å². The van der Waals surface area contributed by atoms with Crippen molar-refractivity contribution in [2.45, 2.75) is 6.42 Å². The highest BCUT2D eigenvalue weighted by Crippen LogP contribution is 2.28. The van der Waals surface area contributed by atoms with Crippen LogP contribution in [-0.2, 0) is 0 Å². The van der Waals surface area contributed by atoms with Crippen LogP contribution in [0.15, 0.2) is 59.1 Å². The molecule has 0 spiro atoms. The van der Waals surface area contributed by atoms with E-state index in [4.69, 9.17) is 14.0 Å². The Labute approximate surface area is 178 Å². The van der Waals surface area contributed by atoms with E-state index in [0.29, 0.717) is 0 Å². The Kier molecular flexibility index (Phi) is 6.67. The van der Waals surface area contributed by atoms with Gasteiger partial charge in [-0.1, -0.05) is 5.16 Å². The van der Waals surface area contributed by atoms with Crippen molar-refractivity contribution in [3.8, 4) is 34.1 Å². The first-order chi connectivity index (χ1) is 14.7. The summed E-state index contributed by atoms with van der Waals surface area (Å²) in [7, 11) is 3.84. The molecular weight excluding hydrogens is 378 g/mol. The predicted octanol–water partition coefficient (Wildman–Crippen LogP) is 4.03. The van der Waals surface area contributed by atoms with Crippen molar-refractivity contribution < 1.29 is 14.0 Å². The van der Waals surface area contributed by atoms with Gasteiger partial charge in [-0.15, -0.1) is 0 Å². The Morgan fingerprint density at radius 1 is 0.900 bits per heavy atom. The molecular formula is C24H29N3O3. The van der Waals surface area contributed by atoms with Gasteiger partial charge in [0.05, 0.1) is 13.7 Å². The summed E-state index contributed by atoms with van der Waals surface area (Å²) in [5, 5.41) is 4.20. The molecule has 0 radical (unpaired) electrons. The SMILES string of the molecule is COc1ccc(-c2cc(-c3ccc(OCCCN4CCN(C)CC4)cc3)on2)cc1. The van der Waals surface area contributed by atoms with Gasteiger partial charge >= 0.3 is 0 Å². The molecule has 1 fully saturated rings. The lowest BCUT2D eigenvalue weighted by atomic mass is 10.1. The van der Waals surface area contributed by atoms with Gasteiger partial charge in [0, 0.05) is 49.9 Å². The number of methoxy groups -OCH3 is 1. The number of hydrogen-bond donors (Lipinski definition) is 0. The molecule has 4 rings (SSSR count). The molecule has 30 heavy (non-hydrogen) atoms. The molecule has 0 unspecified atom stereocenters. The van der Waals surface area contributed by atoms with E-state index >= 15 is 0 Å². The summed E-state index contributed by atoms with van der Waals surface area (Å²) >= 11 is 0. The molecule has 1 aliphatic heterocycles. The van der Waals surface area contributed by atoms with Crippen molar-refractivity contribution >= 4 is 0 Å². The Morgan fingerprint density at radius 3 is 2.27 bits per heavy atom. The molecule has 2 aromatic carbocycles. The van der Waals surface area contributed by atoms with Crippen LogP contribution < -0.4 is 9.47 Å². The molecule has 6 nitrogen and oxygen atoms in total. The Hall–Kier alpha value is -2.83. The second-order valence-corrected chi connectivity index (χ2v) is 7.68. The largest absolute Gasteiger partial charge is 0.497 e. The summed E-state index contributed by atoms with van der Waals surface area (Å²) in [4.78, 5) is 4.89. The third kappa shape index (κ3) is 5.20. The van der Waals surface area contributed by atoms with Crippen molar-refractivity contribution in [1.82, 2.24) is 15.0 Å². The highest BCUT2D eigenvalue weighted by Gasteiger charge is 2.13. The number of aromatic nitrogens is 1. The monoisotopic (exact) mass is 407 g/mol. The zero-order valence-corrected chi connectivity index (χ0v) is 17.7. The van der Waals surface area contributed by atoms with E-state index in [9.17, 15) is 0 Å². The van der Waals surface area contributed by atoms with Gasteiger partial charge in [-0.3, -0.25) is 0 Å². The summed E-state index contributed by atoms with van der Waals surface area (Å²) in [6.07, 6.45) is 1.04. The van der Waals surface area contributed by atoms with Crippen LogP contribution in [0.4, 0.5) is 0 Å². The summed E-state index contributed by atoms with van der Waals surface area (Å²) in [6, 6.07) is 17.7. The van der Waals surface area contributed by atoms with Gasteiger partial charge in [0.2, 0.25) is 0 Å². The maximum Gasteiger partial charge on any atom is 0.167 e. The molecule has 2 heterocycles. The minimum Gasteiger partial charge on any atom is -0.497 e. The van der Waals surface area contributed by atoms with Crippen LogP contribution in [0, 0.1) is 0 Å². The number of piperazine rings is 1. The van der Waals surface area contributed by atoms with Gasteiger partial charge in [-0.25, -0.2) is 0 Å². The molecule has 0 bridgehead atoms. The molecule has 0 amide bonds. The maximum absolute atomic E-state index is 5.91. The van der Waals surface area contributed by atoms with E-state index in [1.54, 1.807) is 7.11 Å². The van der Waals surface area contributed by atoms with Gasteiger partial charge in [0.1, 0.15) is 17.2 Å². The van der Waals surface area contributed by atoms with Gasteiger partial charge in [-0.2, -0.15) is 0 Å². The van der Waals surface area contributed by atoms with Crippen molar-refractivity contribution in [1.29, 1.82) is 0 Å². The number of ether oxygens (including phenoxy) is 2. The van der Waals surface area contributed by atoms with E-state index in [1.807, 2.05) is 54.6 Å². The highest BCUT2D eigenvalue weighted by molar-refractivity contribution is 5.67. The van der Waals surface area contributed by atoms with Crippen molar-refractivity contribution in [3.63, 3.8) is 0 Å². The van der Waals surface area contributed by atoms with E-state index in [1.165, 1.54) is 0 Å². The highest BCUT2D eigenvalue weighted by atomic mass is 16.5. The number of hydrogen-bond acceptors (Lipinski definition) is 6. The zero-order chi connectivity index (χ0) is 20.8. The maximum atomic E-state index is 5.91. The fraction of sp³-hybridized carbons (Fsp3) is 0.375. The number of likely N-dealkylation sites (N-methyl/N-ethyl adjacent to an activating group) is 1. The lowest BCUT2D eigenvalue weighted by Gasteiger charge is -2.32. The number of nitrogens with zero attached hydrogens (tertiary/aromatic N) is 3. The van der Waals surface area contributed by atoms with Crippen LogP contribution >= 0.6 is 0 Å². The molecule has 1 aliphatic rings. The fourth-order valence-corrected chi connectivity index (χ4v) is 3.57. The van der Waals surface area contributed by atoms with Gasteiger partial charge in [-0.05, 0) is 62.0 Å². The molecule has 0 atom stereocenters. The van der Waals surface area contributed by atoms with Crippen molar-refractivity contribution in [2.24, 2.45) is 0 Å². The average molecular weight is 408 g/mol. The molecule has 1 saturated heterocycles. The van der Waals surface area contributed by atoms with Crippen LogP contribution in [0.1, 0.15) is 6.42 Å². The van der Waals surface area contributed by atoms with Crippen LogP contribution in [0.3, 0.4) is 0 Å². The van der Waals surface area contributed by atoms with Crippen LogP contribution in [0.25, 0.3) is 22.6 Å². The first-order valence-electron chi connectivity index (χ1n) is 10.5. The molecule has 1 aromatic heterocycles. The quantitative estimate of drug-likeness (QED) is 0.526. The van der Waals surface area contributed by atoms with Gasteiger partial charge in [0.15, 0.2) is 5.76 Å². The van der Waals surface area contributed by atoms with Gasteiger partial charge < -0.3 is 23.8 Å². The van der Waals surface area contributed by atoms with E-state index < -0.39 is 0 Å². The standard InChI is InChI=1S/C24H29N3O3/c1-26-13-15-27(16-14-26)12-3-17-29-22-10-6-20(7-11-22)24-18-23(25-30-24)19-4-8-21(28-2)9-5-19/h4-11,18H,3,12-17H2,1-2H3. The Balaban J connectivity index is 1.27.